The monoisotopic (exact) mass is 600 g/mol. The lowest BCUT2D eigenvalue weighted by molar-refractivity contribution is 0.346. The third-order valence-electron chi connectivity index (χ3n) is 11.3. The van der Waals surface area contributed by atoms with Gasteiger partial charge in [-0.3, -0.25) is 9.13 Å². The van der Waals surface area contributed by atoms with E-state index in [0.29, 0.717) is 13.1 Å². The summed E-state index contributed by atoms with van der Waals surface area (Å²) in [5.74, 6) is 1.55. The smallest absolute Gasteiger partial charge is 0.198 e. The number of hydrogen-bond donors (Lipinski definition) is 4. The van der Waals surface area contributed by atoms with Crippen LogP contribution in [0.2, 0.25) is 0 Å². The molecule has 6 rings (SSSR count). The molecule has 0 saturated carbocycles. The second kappa shape index (κ2) is 12.6. The molecule has 4 atom stereocenters. The second-order valence-electron chi connectivity index (χ2n) is 14.0. The molecule has 0 amide bonds. The molecular weight excluding hydrogens is 548 g/mol. The molecule has 4 aliphatic rings. The largest absolute Gasteiger partial charge is 0.494 e. The van der Waals surface area contributed by atoms with Crippen LogP contribution < -0.4 is 0 Å². The zero-order valence-corrected chi connectivity index (χ0v) is 26.4. The van der Waals surface area contributed by atoms with Crippen LogP contribution in [0.25, 0.3) is 0 Å². The van der Waals surface area contributed by atoms with Gasteiger partial charge in [0, 0.05) is 58.0 Å². The highest BCUT2D eigenvalue weighted by Gasteiger charge is 2.51. The average Bonchev–Trinajstić information content (AvgIpc) is 3.85. The number of hydrogen-bond acceptors (Lipinski definition) is 4. The lowest BCUT2D eigenvalue weighted by atomic mass is 9.79. The first-order chi connectivity index (χ1) is 21.4. The highest BCUT2D eigenvalue weighted by molar-refractivity contribution is 5.63. The molecule has 0 spiro atoms. The van der Waals surface area contributed by atoms with Crippen molar-refractivity contribution in [3.63, 3.8) is 0 Å². The fourth-order valence-corrected chi connectivity index (χ4v) is 9.05. The van der Waals surface area contributed by atoms with E-state index in [1.807, 2.05) is 12.2 Å². The van der Waals surface area contributed by atoms with E-state index in [1.165, 1.54) is 38.5 Å². The Balaban J connectivity index is 0.858. The number of unbranched alkanes of at least 4 members (excludes halogenated alkanes) is 9. The quantitative estimate of drug-likeness (QED) is 0.0956. The van der Waals surface area contributed by atoms with Gasteiger partial charge in [0.25, 0.3) is 0 Å². The molecule has 0 aromatic carbocycles. The highest BCUT2D eigenvalue weighted by Crippen LogP contribution is 2.62. The maximum absolute atomic E-state index is 11.1. The number of rotatable bonds is 19. The molecular formula is C38H52N2O4. The minimum atomic E-state index is -0.140. The Morgan fingerprint density at radius 1 is 0.591 bits per heavy atom. The van der Waals surface area contributed by atoms with Crippen molar-refractivity contribution in [2.75, 3.05) is 0 Å². The molecule has 4 N–H and O–H groups in total. The Bertz CT molecular complexity index is 1340. The summed E-state index contributed by atoms with van der Waals surface area (Å²) in [5.41, 5.74) is 3.56. The average molecular weight is 601 g/mol. The van der Waals surface area contributed by atoms with Crippen LogP contribution in [-0.2, 0) is 23.9 Å². The second-order valence-corrected chi connectivity index (χ2v) is 14.0. The van der Waals surface area contributed by atoms with Crippen molar-refractivity contribution in [2.45, 2.75) is 138 Å². The molecule has 0 aliphatic heterocycles. The molecule has 0 fully saturated rings. The Kier molecular flexibility index (Phi) is 8.81. The zero-order chi connectivity index (χ0) is 30.9. The van der Waals surface area contributed by atoms with Crippen LogP contribution in [0.4, 0.5) is 0 Å². The predicted octanol–water partition coefficient (Wildman–Crippen LogP) is 9.24. The third kappa shape index (κ3) is 5.12. The molecule has 44 heavy (non-hydrogen) atoms. The SMILES string of the molecule is C=CCCC12C=CC(C1)c1c2c(O)n(CCCCCCCCCCCCn2c(O)c3c(c2O)C2(CCC=C)C=CC3C2)c1O. The number of aromatic hydroxyl groups is 4. The molecule has 0 saturated heterocycles. The fourth-order valence-electron chi connectivity index (χ4n) is 9.05. The van der Waals surface area contributed by atoms with Gasteiger partial charge in [0.15, 0.2) is 23.5 Å². The standard InChI is InChI=1S/C38H52N2O4/c1-3-5-19-37-21-17-27(25-37)29-31(37)35(43)39(33(29)41)23-15-13-11-9-7-8-10-12-14-16-24-40-34(42)30-28-18-22-38(26-28,20-6-4-2)32(30)36(40)44/h3-4,17-18,21-22,27-28,41-44H,1-2,5-16,19-20,23-26H2. The summed E-state index contributed by atoms with van der Waals surface area (Å²) in [6.45, 7) is 9.07. The van der Waals surface area contributed by atoms with Crippen molar-refractivity contribution in [2.24, 2.45) is 0 Å². The number of nitrogens with zero attached hydrogens (tertiary/aromatic N) is 2. The first kappa shape index (κ1) is 30.7. The summed E-state index contributed by atoms with van der Waals surface area (Å²) in [6.07, 6.45) is 29.8. The number of aromatic nitrogens is 2. The normalized spacial score (nSPS) is 25.3. The lowest BCUT2D eigenvalue weighted by Crippen LogP contribution is -2.18. The van der Waals surface area contributed by atoms with Crippen LogP contribution in [0.15, 0.2) is 49.6 Å². The van der Waals surface area contributed by atoms with Crippen LogP contribution in [0, 0.1) is 0 Å². The topological polar surface area (TPSA) is 90.8 Å². The molecule has 2 aromatic heterocycles. The summed E-state index contributed by atoms with van der Waals surface area (Å²) < 4.78 is 3.49. The van der Waals surface area contributed by atoms with E-state index in [2.05, 4.69) is 37.5 Å². The van der Waals surface area contributed by atoms with Gasteiger partial charge in [0.1, 0.15) is 0 Å². The van der Waals surface area contributed by atoms with Crippen molar-refractivity contribution < 1.29 is 20.4 Å². The van der Waals surface area contributed by atoms with Gasteiger partial charge in [-0.15, -0.1) is 13.2 Å². The first-order valence-electron chi connectivity index (χ1n) is 17.3. The van der Waals surface area contributed by atoms with Gasteiger partial charge in [-0.1, -0.05) is 87.8 Å². The molecule has 0 radical (unpaired) electrons. The van der Waals surface area contributed by atoms with E-state index < -0.39 is 0 Å². The van der Waals surface area contributed by atoms with Crippen LogP contribution in [-0.4, -0.2) is 29.6 Å². The summed E-state index contributed by atoms with van der Waals surface area (Å²) >= 11 is 0. The first-order valence-corrected chi connectivity index (χ1v) is 17.3. The molecule has 6 nitrogen and oxygen atoms in total. The van der Waals surface area contributed by atoms with Crippen molar-refractivity contribution in [1.82, 2.24) is 9.13 Å². The van der Waals surface area contributed by atoms with Crippen molar-refractivity contribution >= 4 is 0 Å². The third-order valence-corrected chi connectivity index (χ3v) is 11.3. The Morgan fingerprint density at radius 3 is 1.32 bits per heavy atom. The summed E-state index contributed by atoms with van der Waals surface area (Å²) in [5, 5.41) is 44.0. The van der Waals surface area contributed by atoms with Gasteiger partial charge in [-0.25, -0.2) is 0 Å². The number of fused-ring (bicyclic) bond motifs is 10. The molecule has 2 heterocycles. The van der Waals surface area contributed by atoms with E-state index in [1.54, 1.807) is 9.13 Å². The van der Waals surface area contributed by atoms with Gasteiger partial charge in [-0.05, 0) is 51.4 Å². The van der Waals surface area contributed by atoms with Gasteiger partial charge in [-0.2, -0.15) is 0 Å². The minimum absolute atomic E-state index is 0.140. The van der Waals surface area contributed by atoms with Crippen LogP contribution in [0.5, 0.6) is 23.5 Å². The van der Waals surface area contributed by atoms with E-state index >= 15 is 0 Å². The van der Waals surface area contributed by atoms with Gasteiger partial charge in [0.2, 0.25) is 0 Å². The molecule has 2 aromatic rings. The van der Waals surface area contributed by atoms with Crippen LogP contribution >= 0.6 is 0 Å². The van der Waals surface area contributed by atoms with Gasteiger partial charge < -0.3 is 20.4 Å². The predicted molar refractivity (Wildman–Crippen MR) is 177 cm³/mol. The zero-order valence-electron chi connectivity index (χ0n) is 26.4. The number of allylic oxidation sites excluding steroid dienone is 6. The lowest BCUT2D eigenvalue weighted by Gasteiger charge is -2.24. The molecule has 4 aliphatic carbocycles. The summed E-state index contributed by atoms with van der Waals surface area (Å²) in [4.78, 5) is 0. The molecule has 4 bridgehead atoms. The Labute approximate surface area is 263 Å². The van der Waals surface area contributed by atoms with E-state index in [0.717, 1.165) is 86.5 Å². The maximum atomic E-state index is 11.1. The van der Waals surface area contributed by atoms with Crippen LogP contribution in [0.1, 0.15) is 137 Å². The Morgan fingerprint density at radius 2 is 0.955 bits per heavy atom. The molecule has 4 unspecified atom stereocenters. The van der Waals surface area contributed by atoms with E-state index in [-0.39, 0.29) is 46.2 Å². The maximum Gasteiger partial charge on any atom is 0.198 e. The Hall–Kier alpha value is -3.28. The molecule has 238 valence electrons. The van der Waals surface area contributed by atoms with Crippen molar-refractivity contribution in [3.05, 3.63) is 71.9 Å². The minimum Gasteiger partial charge on any atom is -0.494 e. The van der Waals surface area contributed by atoms with Crippen LogP contribution in [0.3, 0.4) is 0 Å². The van der Waals surface area contributed by atoms with Gasteiger partial charge in [0.05, 0.1) is 0 Å². The van der Waals surface area contributed by atoms with E-state index in [9.17, 15) is 20.4 Å². The summed E-state index contributed by atoms with van der Waals surface area (Å²) in [7, 11) is 0. The van der Waals surface area contributed by atoms with Crippen molar-refractivity contribution in [1.29, 1.82) is 0 Å². The molecule has 6 heteroatoms. The van der Waals surface area contributed by atoms with Crippen molar-refractivity contribution in [3.8, 4) is 23.5 Å². The highest BCUT2D eigenvalue weighted by atomic mass is 16.3. The van der Waals surface area contributed by atoms with E-state index in [4.69, 9.17) is 0 Å². The fraction of sp³-hybridized carbons (Fsp3) is 0.579. The van der Waals surface area contributed by atoms with Gasteiger partial charge >= 0.3 is 0 Å². The summed E-state index contributed by atoms with van der Waals surface area (Å²) in [6, 6.07) is 0.